The molecule has 1 heterocycles. The van der Waals surface area contributed by atoms with Crippen LogP contribution in [0.5, 0.6) is 5.75 Å². The van der Waals surface area contributed by atoms with Gasteiger partial charge in [-0.3, -0.25) is 14.4 Å². The number of nitrogens with one attached hydrogen (secondary N) is 2. The molecule has 0 bridgehead atoms. The zero-order valence-corrected chi connectivity index (χ0v) is 25.5. The molecule has 1 aliphatic rings. The SMILES string of the molecule is CC(C)(C)OC(=O)Nc1ccc2c(c1)N(S(=O)(=O)c1cccc(C(F)(F)F)c1)CC(CC(=O)NS(=O)(=O)c1ccccc1F)O2. The Hall–Kier alpha value is -4.38. The summed E-state index contributed by atoms with van der Waals surface area (Å²) in [4.78, 5) is 23.5. The summed E-state index contributed by atoms with van der Waals surface area (Å²) in [6, 6.07) is 11.1. The third-order valence-corrected chi connectivity index (χ3v) is 9.26. The molecule has 3 aromatic rings. The number of amides is 2. The van der Waals surface area contributed by atoms with E-state index in [1.54, 1.807) is 25.5 Å². The number of hydrogen-bond donors (Lipinski definition) is 2. The van der Waals surface area contributed by atoms with Crippen LogP contribution in [0.25, 0.3) is 0 Å². The summed E-state index contributed by atoms with van der Waals surface area (Å²) in [5, 5.41) is 2.43. The first-order chi connectivity index (χ1) is 20.8. The van der Waals surface area contributed by atoms with Gasteiger partial charge in [0.05, 0.1) is 29.1 Å². The van der Waals surface area contributed by atoms with Gasteiger partial charge in [-0.15, -0.1) is 0 Å². The molecule has 0 aromatic heterocycles. The molecule has 45 heavy (non-hydrogen) atoms. The summed E-state index contributed by atoms with van der Waals surface area (Å²) in [7, 11) is -9.43. The van der Waals surface area contributed by atoms with Gasteiger partial charge < -0.3 is 9.47 Å². The molecule has 242 valence electrons. The summed E-state index contributed by atoms with van der Waals surface area (Å²) in [5.74, 6) is -2.44. The van der Waals surface area contributed by atoms with Crippen LogP contribution in [0.1, 0.15) is 32.8 Å². The minimum Gasteiger partial charge on any atom is -0.486 e. The summed E-state index contributed by atoms with van der Waals surface area (Å²) < 4.78 is 120. The number of halogens is 4. The number of alkyl halides is 3. The second kappa shape index (κ2) is 12.2. The number of fused-ring (bicyclic) bond motifs is 1. The molecule has 11 nitrogen and oxygen atoms in total. The van der Waals surface area contributed by atoms with Crippen LogP contribution >= 0.6 is 0 Å². The molecular formula is C28H27F4N3O8S2. The third kappa shape index (κ3) is 8.02. The Labute approximate surface area is 256 Å². The lowest BCUT2D eigenvalue weighted by Gasteiger charge is -2.35. The van der Waals surface area contributed by atoms with Crippen molar-refractivity contribution in [2.45, 2.75) is 54.9 Å². The summed E-state index contributed by atoms with van der Waals surface area (Å²) in [5.41, 5.74) is -2.25. The smallest absolute Gasteiger partial charge is 0.416 e. The van der Waals surface area contributed by atoms with Crippen LogP contribution < -0.4 is 19.1 Å². The average Bonchev–Trinajstić information content (AvgIpc) is 2.91. The average molecular weight is 674 g/mol. The minimum atomic E-state index is -4.86. The van der Waals surface area contributed by atoms with E-state index in [4.69, 9.17) is 9.47 Å². The van der Waals surface area contributed by atoms with Gasteiger partial charge in [-0.05, 0) is 69.3 Å². The lowest BCUT2D eigenvalue weighted by Crippen LogP contribution is -2.46. The fraction of sp³-hybridized carbons (Fsp3) is 0.286. The van der Waals surface area contributed by atoms with E-state index in [1.165, 1.54) is 30.3 Å². The predicted molar refractivity (Wildman–Crippen MR) is 153 cm³/mol. The highest BCUT2D eigenvalue weighted by Crippen LogP contribution is 2.40. The highest BCUT2D eigenvalue weighted by Gasteiger charge is 2.38. The van der Waals surface area contributed by atoms with Crippen LogP contribution in [0.15, 0.2) is 76.5 Å². The van der Waals surface area contributed by atoms with Gasteiger partial charge in [0.15, 0.2) is 0 Å². The van der Waals surface area contributed by atoms with E-state index in [9.17, 15) is 44.0 Å². The number of benzene rings is 3. The van der Waals surface area contributed by atoms with Crippen molar-refractivity contribution in [3.8, 4) is 5.75 Å². The second-order valence-corrected chi connectivity index (χ2v) is 14.3. The molecule has 2 N–H and O–H groups in total. The Morgan fingerprint density at radius 1 is 0.978 bits per heavy atom. The molecule has 2 amide bonds. The van der Waals surface area contributed by atoms with Crippen LogP contribution in [0.2, 0.25) is 0 Å². The topological polar surface area (TPSA) is 148 Å². The van der Waals surface area contributed by atoms with Gasteiger partial charge in [0.2, 0.25) is 5.91 Å². The molecule has 17 heteroatoms. The van der Waals surface area contributed by atoms with Crippen LogP contribution in [0, 0.1) is 5.82 Å². The maximum Gasteiger partial charge on any atom is 0.416 e. The monoisotopic (exact) mass is 673 g/mol. The number of nitrogens with zero attached hydrogens (tertiary/aromatic N) is 1. The minimum absolute atomic E-state index is 0.0445. The van der Waals surface area contributed by atoms with Crippen molar-refractivity contribution in [1.29, 1.82) is 0 Å². The van der Waals surface area contributed by atoms with Crippen LogP contribution in [-0.4, -0.2) is 47.1 Å². The highest BCUT2D eigenvalue weighted by molar-refractivity contribution is 7.92. The molecule has 1 unspecified atom stereocenters. The number of carbonyl (C=O) groups is 2. The molecule has 0 aliphatic carbocycles. The first kappa shape index (κ1) is 33.5. The summed E-state index contributed by atoms with van der Waals surface area (Å²) in [6.07, 6.45) is -7.83. The quantitative estimate of drug-likeness (QED) is 0.332. The van der Waals surface area contributed by atoms with E-state index in [2.05, 4.69) is 5.32 Å². The summed E-state index contributed by atoms with van der Waals surface area (Å²) >= 11 is 0. The van der Waals surface area contributed by atoms with Crippen molar-refractivity contribution in [3.05, 3.63) is 78.1 Å². The molecule has 0 spiro atoms. The van der Waals surface area contributed by atoms with E-state index >= 15 is 0 Å². The van der Waals surface area contributed by atoms with Crippen molar-refractivity contribution in [2.75, 3.05) is 16.2 Å². The normalized spacial score (nSPS) is 15.4. The standard InChI is InChI=1S/C28H27F4N3O8S2/c1-27(2,3)43-26(37)33-18-11-12-23-22(14-18)35(45(40,41)20-8-6-7-17(13-20)28(30,31)32)16-19(42-23)15-25(36)34-44(38,39)24-10-5-4-9-21(24)29/h4-14,19H,15-16H2,1-3H3,(H,33,37)(H,34,36). The van der Waals surface area contributed by atoms with E-state index < -0.39 is 84.1 Å². The van der Waals surface area contributed by atoms with E-state index in [0.29, 0.717) is 16.4 Å². The molecule has 4 rings (SSSR count). The van der Waals surface area contributed by atoms with Crippen LogP contribution in [0.3, 0.4) is 0 Å². The first-order valence-electron chi connectivity index (χ1n) is 13.1. The van der Waals surface area contributed by atoms with Crippen LogP contribution in [-0.2, 0) is 35.8 Å². The van der Waals surface area contributed by atoms with Crippen molar-refractivity contribution >= 4 is 43.4 Å². The first-order valence-corrected chi connectivity index (χ1v) is 16.0. The maximum atomic E-state index is 14.1. The van der Waals surface area contributed by atoms with E-state index in [1.807, 2.05) is 0 Å². The van der Waals surface area contributed by atoms with Crippen molar-refractivity contribution in [3.63, 3.8) is 0 Å². The second-order valence-electron chi connectivity index (χ2n) is 10.8. The van der Waals surface area contributed by atoms with Gasteiger partial charge in [-0.25, -0.2) is 30.7 Å². The number of anilines is 2. The molecule has 0 saturated heterocycles. The van der Waals surface area contributed by atoms with Gasteiger partial charge in [0.1, 0.15) is 28.2 Å². The maximum absolute atomic E-state index is 14.1. The van der Waals surface area contributed by atoms with Gasteiger partial charge in [-0.1, -0.05) is 18.2 Å². The number of ether oxygens (including phenoxy) is 2. The van der Waals surface area contributed by atoms with E-state index in [0.717, 1.165) is 24.3 Å². The highest BCUT2D eigenvalue weighted by atomic mass is 32.2. The number of rotatable bonds is 7. The molecule has 1 aliphatic heterocycles. The molecule has 0 fully saturated rings. The Kier molecular flexibility index (Phi) is 9.08. The van der Waals surface area contributed by atoms with Gasteiger partial charge in [-0.2, -0.15) is 13.2 Å². The zero-order valence-electron chi connectivity index (χ0n) is 23.9. The van der Waals surface area contributed by atoms with Gasteiger partial charge in [0, 0.05) is 5.69 Å². The van der Waals surface area contributed by atoms with Crippen LogP contribution in [0.4, 0.5) is 33.7 Å². The molecule has 0 radical (unpaired) electrons. The number of hydrogen-bond acceptors (Lipinski definition) is 8. The van der Waals surface area contributed by atoms with Gasteiger partial charge in [0.25, 0.3) is 20.0 Å². The molecular weight excluding hydrogens is 646 g/mol. The molecule has 3 aromatic carbocycles. The Bertz CT molecular complexity index is 1840. The predicted octanol–water partition coefficient (Wildman–Crippen LogP) is 5.04. The van der Waals surface area contributed by atoms with E-state index in [-0.39, 0.29) is 17.1 Å². The Morgan fingerprint density at radius 3 is 2.31 bits per heavy atom. The fourth-order valence-corrected chi connectivity index (χ4v) is 6.84. The number of carbonyl (C=O) groups excluding carboxylic acids is 2. The zero-order chi connectivity index (χ0) is 33.4. The molecule has 1 atom stereocenters. The largest absolute Gasteiger partial charge is 0.486 e. The summed E-state index contributed by atoms with van der Waals surface area (Å²) in [6.45, 7) is 4.20. The Balaban J connectivity index is 1.68. The van der Waals surface area contributed by atoms with Gasteiger partial charge >= 0.3 is 12.3 Å². The fourth-order valence-electron chi connectivity index (χ4n) is 4.22. The Morgan fingerprint density at radius 2 is 1.67 bits per heavy atom. The third-order valence-electron chi connectivity index (χ3n) is 6.07. The van der Waals surface area contributed by atoms with Crippen molar-refractivity contribution in [2.24, 2.45) is 0 Å². The van der Waals surface area contributed by atoms with Crippen molar-refractivity contribution in [1.82, 2.24) is 4.72 Å². The lowest BCUT2D eigenvalue weighted by atomic mass is 10.1. The lowest BCUT2D eigenvalue weighted by molar-refractivity contribution is -0.137. The number of sulfonamides is 2. The molecule has 0 saturated carbocycles. The van der Waals surface area contributed by atoms with Crippen molar-refractivity contribution < 1.29 is 53.5 Å².